The van der Waals surface area contributed by atoms with E-state index in [1.165, 1.54) is 19.1 Å². The number of nitrogens with zero attached hydrogens (tertiary/aromatic N) is 3. The van der Waals surface area contributed by atoms with Crippen molar-refractivity contribution in [1.29, 1.82) is 0 Å². The first kappa shape index (κ1) is 24.8. The summed E-state index contributed by atoms with van der Waals surface area (Å²) in [6.07, 6.45) is 1.67. The number of carbonyl (C=O) groups is 1. The van der Waals surface area contributed by atoms with E-state index in [-0.39, 0.29) is 27.4 Å². The molecule has 9 nitrogen and oxygen atoms in total. The quantitative estimate of drug-likeness (QED) is 0.481. The normalized spacial score (nSPS) is 12.4. The Hall–Kier alpha value is -2.79. The molecule has 0 saturated carbocycles. The summed E-state index contributed by atoms with van der Waals surface area (Å²) in [7, 11) is -3.92. The van der Waals surface area contributed by atoms with E-state index in [0.717, 1.165) is 16.4 Å². The zero-order valence-electron chi connectivity index (χ0n) is 17.7. The first-order chi connectivity index (χ1) is 15.6. The Morgan fingerprint density at radius 3 is 2.55 bits per heavy atom. The van der Waals surface area contributed by atoms with E-state index >= 15 is 0 Å². The van der Waals surface area contributed by atoms with Crippen LogP contribution in [0.1, 0.15) is 24.1 Å². The molecule has 0 radical (unpaired) electrons. The highest BCUT2D eigenvalue weighted by molar-refractivity contribution is 7.89. The van der Waals surface area contributed by atoms with Gasteiger partial charge in [0.25, 0.3) is 15.6 Å². The summed E-state index contributed by atoms with van der Waals surface area (Å²) >= 11 is 11.6. The molecule has 3 aromatic rings. The van der Waals surface area contributed by atoms with Gasteiger partial charge in [-0.3, -0.25) is 9.59 Å². The van der Waals surface area contributed by atoms with Gasteiger partial charge in [-0.1, -0.05) is 59.6 Å². The van der Waals surface area contributed by atoms with Crippen molar-refractivity contribution in [3.8, 4) is 0 Å². The Morgan fingerprint density at radius 1 is 1.15 bits per heavy atom. The summed E-state index contributed by atoms with van der Waals surface area (Å²) in [6.45, 7) is 3.23. The van der Waals surface area contributed by atoms with Crippen molar-refractivity contribution in [1.82, 2.24) is 19.5 Å². The molecule has 0 spiro atoms. The minimum atomic E-state index is -3.92. The number of hydrogen-bond acceptors (Lipinski definition) is 6. The molecule has 0 aliphatic rings. The lowest BCUT2D eigenvalue weighted by Gasteiger charge is -2.15. The molecule has 0 unspecified atom stereocenters. The molecule has 33 heavy (non-hydrogen) atoms. The van der Waals surface area contributed by atoms with Crippen LogP contribution in [0.15, 0.2) is 58.5 Å². The molecule has 174 valence electrons. The molecule has 12 heteroatoms. The molecule has 2 aromatic heterocycles. The van der Waals surface area contributed by atoms with Gasteiger partial charge in [0.1, 0.15) is 16.9 Å². The fourth-order valence-corrected chi connectivity index (χ4v) is 4.41. The number of aromatic nitrogens is 3. The molecule has 1 atom stereocenters. The van der Waals surface area contributed by atoms with Crippen molar-refractivity contribution in [3.05, 3.63) is 80.2 Å². The van der Waals surface area contributed by atoms with E-state index in [2.05, 4.69) is 20.1 Å². The summed E-state index contributed by atoms with van der Waals surface area (Å²) in [5.41, 5.74) is 0.677. The zero-order chi connectivity index (χ0) is 24.2. The van der Waals surface area contributed by atoms with Gasteiger partial charge in [-0.2, -0.15) is 5.10 Å². The van der Waals surface area contributed by atoms with Crippen molar-refractivity contribution in [2.75, 3.05) is 11.9 Å². The summed E-state index contributed by atoms with van der Waals surface area (Å²) in [5.74, 6) is -0.631. The van der Waals surface area contributed by atoms with E-state index in [1.54, 1.807) is 6.92 Å². The van der Waals surface area contributed by atoms with Gasteiger partial charge in [0, 0.05) is 6.54 Å². The third kappa shape index (κ3) is 5.97. The van der Waals surface area contributed by atoms with E-state index in [4.69, 9.17) is 23.2 Å². The average molecular weight is 510 g/mol. The van der Waals surface area contributed by atoms with Crippen LogP contribution < -0.4 is 15.6 Å². The van der Waals surface area contributed by atoms with Gasteiger partial charge in [0.15, 0.2) is 5.03 Å². The molecule has 0 bridgehead atoms. The predicted octanol–water partition coefficient (Wildman–Crippen LogP) is 2.97. The second kappa shape index (κ2) is 10.4. The third-order valence-electron chi connectivity index (χ3n) is 4.75. The smallest absolute Gasteiger partial charge is 0.287 e. The van der Waals surface area contributed by atoms with Gasteiger partial charge in [0.2, 0.25) is 5.91 Å². The second-order valence-corrected chi connectivity index (χ2v) is 9.64. The second-order valence-electron chi connectivity index (χ2n) is 7.17. The number of pyridine rings is 1. The van der Waals surface area contributed by atoms with Crippen LogP contribution in [0, 0.1) is 6.92 Å². The Bertz CT molecular complexity index is 1330. The molecule has 0 fully saturated rings. The lowest BCUT2D eigenvalue weighted by atomic mass is 10.2. The van der Waals surface area contributed by atoms with Crippen LogP contribution in [0.25, 0.3) is 0 Å². The lowest BCUT2D eigenvalue weighted by molar-refractivity contribution is -0.119. The van der Waals surface area contributed by atoms with Crippen LogP contribution in [-0.4, -0.2) is 35.6 Å². The molecule has 2 heterocycles. The highest BCUT2D eigenvalue weighted by Crippen LogP contribution is 2.18. The highest BCUT2D eigenvalue weighted by Gasteiger charge is 2.23. The highest BCUT2D eigenvalue weighted by atomic mass is 35.5. The Labute approximate surface area is 200 Å². The Balaban J connectivity index is 1.74. The van der Waals surface area contributed by atoms with Crippen molar-refractivity contribution in [3.63, 3.8) is 0 Å². The number of amides is 1. The zero-order valence-corrected chi connectivity index (χ0v) is 20.1. The lowest BCUT2D eigenvalue weighted by Crippen LogP contribution is -2.34. The van der Waals surface area contributed by atoms with E-state index in [1.807, 2.05) is 30.3 Å². The number of benzene rings is 1. The molecular formula is C21H21Cl2N5O4S. The molecule has 0 aliphatic heterocycles. The van der Waals surface area contributed by atoms with Gasteiger partial charge in [-0.05, 0) is 37.5 Å². The minimum Gasteiger partial charge on any atom is -0.309 e. The molecule has 0 saturated heterocycles. The fourth-order valence-electron chi connectivity index (χ4n) is 2.94. The summed E-state index contributed by atoms with van der Waals surface area (Å²) in [6, 6.07) is 11.4. The molecule has 1 aromatic carbocycles. The van der Waals surface area contributed by atoms with Crippen LogP contribution in [0.2, 0.25) is 10.0 Å². The van der Waals surface area contributed by atoms with Crippen LogP contribution >= 0.6 is 23.2 Å². The van der Waals surface area contributed by atoms with Crippen molar-refractivity contribution in [2.24, 2.45) is 0 Å². The Morgan fingerprint density at radius 2 is 1.85 bits per heavy atom. The third-order valence-corrected chi connectivity index (χ3v) is 7.01. The van der Waals surface area contributed by atoms with Gasteiger partial charge < -0.3 is 5.32 Å². The number of halogens is 2. The van der Waals surface area contributed by atoms with Crippen LogP contribution in [0.4, 0.5) is 5.82 Å². The monoisotopic (exact) mass is 509 g/mol. The maximum atomic E-state index is 12.8. The van der Waals surface area contributed by atoms with E-state index < -0.39 is 27.5 Å². The molecule has 2 N–H and O–H groups in total. The first-order valence-corrected chi connectivity index (χ1v) is 12.1. The van der Waals surface area contributed by atoms with E-state index in [0.29, 0.717) is 12.0 Å². The molecule has 3 rings (SSSR count). The number of sulfonamides is 1. The van der Waals surface area contributed by atoms with Gasteiger partial charge in [0.05, 0.1) is 11.2 Å². The van der Waals surface area contributed by atoms with Crippen LogP contribution in [0.3, 0.4) is 0 Å². The number of anilines is 1. The number of nitrogens with one attached hydrogen (secondary N) is 2. The minimum absolute atomic E-state index is 0.00833. The van der Waals surface area contributed by atoms with Gasteiger partial charge in [-0.25, -0.2) is 22.8 Å². The molecule has 0 aliphatic carbocycles. The molecular weight excluding hydrogens is 489 g/mol. The predicted molar refractivity (Wildman–Crippen MR) is 126 cm³/mol. The van der Waals surface area contributed by atoms with Gasteiger partial charge >= 0.3 is 0 Å². The summed E-state index contributed by atoms with van der Waals surface area (Å²) < 4.78 is 29.0. The maximum absolute atomic E-state index is 12.8. The Kier molecular flexibility index (Phi) is 7.85. The van der Waals surface area contributed by atoms with Crippen molar-refractivity contribution >= 4 is 45.0 Å². The first-order valence-electron chi connectivity index (χ1n) is 9.85. The average Bonchev–Trinajstić information content (AvgIpc) is 2.79. The van der Waals surface area contributed by atoms with E-state index in [9.17, 15) is 18.0 Å². The largest absolute Gasteiger partial charge is 0.309 e. The van der Waals surface area contributed by atoms with Crippen LogP contribution in [0.5, 0.6) is 0 Å². The number of rotatable bonds is 8. The van der Waals surface area contributed by atoms with Crippen molar-refractivity contribution in [2.45, 2.75) is 31.3 Å². The van der Waals surface area contributed by atoms with Gasteiger partial charge in [-0.15, -0.1) is 0 Å². The summed E-state index contributed by atoms with van der Waals surface area (Å²) in [4.78, 5) is 29.0. The maximum Gasteiger partial charge on any atom is 0.287 e. The summed E-state index contributed by atoms with van der Waals surface area (Å²) in [5, 5.41) is 5.85. The standard InChI is InChI=1S/C21H21Cl2N5O4S/c1-13-8-9-17(26-19(29)14(2)28-21(30)18(23)16(22)12-24-28)27-20(13)33(31,32)25-11-10-15-6-4-3-5-7-15/h3-9,12,14,25H,10-11H2,1-2H3,(H,26,27,29)/t14-/m0/s1. The number of aryl methyl sites for hydroxylation is 1. The van der Waals surface area contributed by atoms with Crippen LogP contribution in [-0.2, 0) is 21.2 Å². The number of hydrogen-bond donors (Lipinski definition) is 2. The number of carbonyl (C=O) groups excluding carboxylic acids is 1. The SMILES string of the molecule is Cc1ccc(NC(=O)[C@H](C)n2ncc(Cl)c(Cl)c2=O)nc1S(=O)(=O)NCCc1ccccc1. The fraction of sp³-hybridized carbons (Fsp3) is 0.238. The topological polar surface area (TPSA) is 123 Å². The molecule has 1 amide bonds. The van der Waals surface area contributed by atoms with Crippen molar-refractivity contribution < 1.29 is 13.2 Å².